The first-order valence-electron chi connectivity index (χ1n) is 6.82. The van der Waals surface area contributed by atoms with Crippen molar-refractivity contribution in [2.24, 2.45) is 5.14 Å². The maximum absolute atomic E-state index is 12.0. The van der Waals surface area contributed by atoms with Gasteiger partial charge in [-0.15, -0.1) is 0 Å². The Morgan fingerprint density at radius 3 is 2.64 bits per heavy atom. The molecule has 2 N–H and O–H groups in total. The van der Waals surface area contributed by atoms with Crippen molar-refractivity contribution in [3.05, 3.63) is 29.5 Å². The lowest BCUT2D eigenvalue weighted by Crippen LogP contribution is -2.32. The maximum atomic E-state index is 12.0. The number of hydrogen-bond acceptors (Lipinski definition) is 5. The fourth-order valence-corrected chi connectivity index (χ4v) is 3.42. The average molecular weight is 320 g/mol. The molecule has 3 heterocycles. The van der Waals surface area contributed by atoms with E-state index in [1.54, 1.807) is 6.07 Å². The summed E-state index contributed by atoms with van der Waals surface area (Å²) in [4.78, 5) is 22.2. The molecule has 0 aromatic carbocycles. The van der Waals surface area contributed by atoms with Crippen LogP contribution in [-0.4, -0.2) is 36.1 Å². The second-order valence-electron chi connectivity index (χ2n) is 5.54. The van der Waals surface area contributed by atoms with Crippen LogP contribution in [0.1, 0.15) is 17.7 Å². The van der Waals surface area contributed by atoms with Crippen LogP contribution in [0.3, 0.4) is 0 Å². The van der Waals surface area contributed by atoms with Crippen LogP contribution >= 0.6 is 0 Å². The number of amides is 1. The molecule has 116 valence electrons. The molecule has 0 spiro atoms. The molecule has 1 aliphatic heterocycles. The predicted molar refractivity (Wildman–Crippen MR) is 82.9 cm³/mol. The zero-order chi connectivity index (χ0) is 16.1. The Balaban J connectivity index is 2.02. The van der Waals surface area contributed by atoms with Crippen LogP contribution in [0.4, 0.5) is 5.82 Å². The summed E-state index contributed by atoms with van der Waals surface area (Å²) in [5.74, 6) is 0.108. The van der Waals surface area contributed by atoms with Gasteiger partial charge in [0.1, 0.15) is 11.1 Å². The smallest absolute Gasteiger partial charge is 0.229 e. The number of aryl methyl sites for hydroxylation is 2. The van der Waals surface area contributed by atoms with E-state index in [2.05, 4.69) is 9.97 Å². The first-order valence-corrected chi connectivity index (χ1v) is 8.43. The molecule has 0 aliphatic carbocycles. The molecule has 7 nitrogen and oxygen atoms in total. The fourth-order valence-electron chi connectivity index (χ4n) is 2.69. The van der Waals surface area contributed by atoms with Crippen molar-refractivity contribution in [1.82, 2.24) is 9.97 Å². The van der Waals surface area contributed by atoms with Crippen LogP contribution in [0, 0.1) is 13.8 Å². The third-order valence-corrected chi connectivity index (χ3v) is 5.07. The van der Waals surface area contributed by atoms with Crippen molar-refractivity contribution in [3.63, 3.8) is 0 Å². The highest BCUT2D eigenvalue weighted by Gasteiger charge is 2.37. The van der Waals surface area contributed by atoms with E-state index in [1.165, 1.54) is 4.90 Å². The molecule has 1 atom stereocenters. The summed E-state index contributed by atoms with van der Waals surface area (Å²) in [6, 6.07) is 5.51. The van der Waals surface area contributed by atoms with Crippen LogP contribution < -0.4 is 10.0 Å². The molecular weight excluding hydrogens is 304 g/mol. The average Bonchev–Trinajstić information content (AvgIpc) is 2.80. The van der Waals surface area contributed by atoms with E-state index in [-0.39, 0.29) is 18.9 Å². The molecule has 8 heteroatoms. The van der Waals surface area contributed by atoms with Gasteiger partial charge >= 0.3 is 0 Å². The first kappa shape index (κ1) is 14.9. The van der Waals surface area contributed by atoms with Crippen LogP contribution in [0.15, 0.2) is 18.2 Å². The van der Waals surface area contributed by atoms with Crippen LogP contribution in [0.25, 0.3) is 11.0 Å². The Hall–Kier alpha value is -2.06. The maximum Gasteiger partial charge on any atom is 0.229 e. The van der Waals surface area contributed by atoms with E-state index in [0.717, 1.165) is 16.6 Å². The second-order valence-corrected chi connectivity index (χ2v) is 7.39. The number of nitrogens with two attached hydrogens (primary N) is 1. The number of hydrogen-bond donors (Lipinski definition) is 1. The normalized spacial score (nSPS) is 19.1. The molecule has 1 unspecified atom stereocenters. The third kappa shape index (κ3) is 2.55. The summed E-state index contributed by atoms with van der Waals surface area (Å²) >= 11 is 0. The molecule has 2 aromatic heterocycles. The number of carbonyl (C=O) groups is 1. The number of primary sulfonamides is 1. The number of carbonyl (C=O) groups excluding carboxylic acids is 1. The number of rotatable bonds is 2. The molecule has 0 radical (unpaired) electrons. The van der Waals surface area contributed by atoms with Crippen molar-refractivity contribution >= 4 is 32.8 Å². The molecule has 1 aliphatic rings. The standard InChI is InChI=1S/C14H16N4O3S/c1-8-5-9(2)16-14-11(8)3-4-12(17-14)18-7-10(6-13(18)19)22(15,20)21/h3-5,10H,6-7H2,1-2H3,(H2,15,20,21). The topological polar surface area (TPSA) is 106 Å². The Labute approximate surface area is 128 Å². The molecule has 0 saturated carbocycles. The van der Waals surface area contributed by atoms with Crippen LogP contribution in [-0.2, 0) is 14.8 Å². The van der Waals surface area contributed by atoms with Crippen LogP contribution in [0.5, 0.6) is 0 Å². The minimum absolute atomic E-state index is 0.0287. The van der Waals surface area contributed by atoms with E-state index in [9.17, 15) is 13.2 Å². The minimum Gasteiger partial charge on any atom is -0.295 e. The van der Waals surface area contributed by atoms with Gasteiger partial charge in [0.2, 0.25) is 15.9 Å². The molecule has 3 rings (SSSR count). The lowest BCUT2D eigenvalue weighted by Gasteiger charge is -2.16. The fraction of sp³-hybridized carbons (Fsp3) is 0.357. The highest BCUT2D eigenvalue weighted by Crippen LogP contribution is 2.25. The third-order valence-electron chi connectivity index (χ3n) is 3.82. The molecule has 1 amide bonds. The van der Waals surface area contributed by atoms with Gasteiger partial charge in [-0.05, 0) is 37.6 Å². The number of sulfonamides is 1. The Morgan fingerprint density at radius 2 is 2.00 bits per heavy atom. The van der Waals surface area contributed by atoms with E-state index in [4.69, 9.17) is 5.14 Å². The lowest BCUT2D eigenvalue weighted by atomic mass is 10.1. The monoisotopic (exact) mass is 320 g/mol. The summed E-state index contributed by atoms with van der Waals surface area (Å²) < 4.78 is 22.8. The van der Waals surface area contributed by atoms with Crippen molar-refractivity contribution in [2.45, 2.75) is 25.5 Å². The number of aromatic nitrogens is 2. The van der Waals surface area contributed by atoms with Crippen molar-refractivity contribution in [3.8, 4) is 0 Å². The van der Waals surface area contributed by atoms with Gasteiger partial charge in [-0.2, -0.15) is 0 Å². The van der Waals surface area contributed by atoms with Gasteiger partial charge in [-0.3, -0.25) is 9.69 Å². The van der Waals surface area contributed by atoms with Gasteiger partial charge in [0, 0.05) is 24.0 Å². The highest BCUT2D eigenvalue weighted by atomic mass is 32.2. The van der Waals surface area contributed by atoms with Crippen molar-refractivity contribution < 1.29 is 13.2 Å². The summed E-state index contributed by atoms with van der Waals surface area (Å²) in [5.41, 5.74) is 2.43. The van der Waals surface area contributed by atoms with E-state index in [1.807, 2.05) is 26.0 Å². The molecule has 1 saturated heterocycles. The Bertz CT molecular complexity index is 879. The number of nitrogens with zero attached hydrogens (tertiary/aromatic N) is 3. The Morgan fingerprint density at radius 1 is 1.27 bits per heavy atom. The zero-order valence-electron chi connectivity index (χ0n) is 12.3. The predicted octanol–water partition coefficient (Wildman–Crippen LogP) is 0.640. The SMILES string of the molecule is Cc1cc(C)c2ccc(N3CC(S(N)(=O)=O)CC3=O)nc2n1. The summed E-state index contributed by atoms with van der Waals surface area (Å²) in [6.45, 7) is 3.87. The molecule has 0 bridgehead atoms. The van der Waals surface area contributed by atoms with Crippen molar-refractivity contribution in [1.29, 1.82) is 0 Å². The largest absolute Gasteiger partial charge is 0.295 e. The summed E-state index contributed by atoms with van der Waals surface area (Å²) in [6.07, 6.45) is -0.112. The number of fused-ring (bicyclic) bond motifs is 1. The summed E-state index contributed by atoms with van der Waals surface area (Å²) in [7, 11) is -3.74. The van der Waals surface area contributed by atoms with Gasteiger partial charge in [-0.1, -0.05) is 0 Å². The molecule has 1 fully saturated rings. The van der Waals surface area contributed by atoms with Gasteiger partial charge in [-0.25, -0.2) is 23.5 Å². The van der Waals surface area contributed by atoms with Gasteiger partial charge in [0.15, 0.2) is 5.65 Å². The first-order chi connectivity index (χ1) is 10.3. The van der Waals surface area contributed by atoms with E-state index >= 15 is 0 Å². The highest BCUT2D eigenvalue weighted by molar-refractivity contribution is 7.89. The summed E-state index contributed by atoms with van der Waals surface area (Å²) in [5, 5.41) is 5.16. The molecule has 22 heavy (non-hydrogen) atoms. The lowest BCUT2D eigenvalue weighted by molar-refractivity contribution is -0.117. The minimum atomic E-state index is -3.74. The van der Waals surface area contributed by atoms with Crippen LogP contribution in [0.2, 0.25) is 0 Å². The van der Waals surface area contributed by atoms with E-state index in [0.29, 0.717) is 11.5 Å². The van der Waals surface area contributed by atoms with Gasteiger partial charge in [0.25, 0.3) is 0 Å². The van der Waals surface area contributed by atoms with E-state index < -0.39 is 15.3 Å². The molecule has 2 aromatic rings. The quantitative estimate of drug-likeness (QED) is 0.874. The zero-order valence-corrected chi connectivity index (χ0v) is 13.1. The van der Waals surface area contributed by atoms with Crippen molar-refractivity contribution in [2.75, 3.05) is 11.4 Å². The van der Waals surface area contributed by atoms with Gasteiger partial charge < -0.3 is 0 Å². The molecular formula is C14H16N4O3S. The number of anilines is 1. The second kappa shape index (κ2) is 4.99. The number of pyridine rings is 2. The van der Waals surface area contributed by atoms with Gasteiger partial charge in [0.05, 0.1) is 0 Å². The Kier molecular flexibility index (Phi) is 3.37.